The molecule has 1 heterocycles. The lowest BCUT2D eigenvalue weighted by molar-refractivity contribution is 0.0690. The van der Waals surface area contributed by atoms with E-state index in [1.807, 2.05) is 6.07 Å². The maximum Gasteiger partial charge on any atom is 0.354 e. The van der Waals surface area contributed by atoms with E-state index in [0.717, 1.165) is 5.69 Å². The van der Waals surface area contributed by atoms with Crippen LogP contribution in [0, 0.1) is 0 Å². The molecule has 2 aromatic rings. The van der Waals surface area contributed by atoms with Gasteiger partial charge in [-0.2, -0.15) is 0 Å². The molecule has 1 aromatic carbocycles. The molecular weight excluding hydrogens is 280 g/mol. The summed E-state index contributed by atoms with van der Waals surface area (Å²) in [5.74, 6) is -0.469. The quantitative estimate of drug-likeness (QED) is 0.886. The molecule has 0 unspecified atom stereocenters. The average molecular weight is 293 g/mol. The number of pyridine rings is 1. The number of anilines is 1. The molecule has 0 fully saturated rings. The van der Waals surface area contributed by atoms with Crippen molar-refractivity contribution in [1.82, 2.24) is 4.98 Å². The van der Waals surface area contributed by atoms with Crippen LogP contribution in [0.2, 0.25) is 5.02 Å². The summed E-state index contributed by atoms with van der Waals surface area (Å²) in [4.78, 5) is 14.9. The van der Waals surface area contributed by atoms with Gasteiger partial charge in [0.15, 0.2) is 0 Å². The van der Waals surface area contributed by atoms with Gasteiger partial charge in [-0.25, -0.2) is 9.78 Å². The Morgan fingerprint density at radius 2 is 2.20 bits per heavy atom. The molecule has 0 bridgehead atoms. The molecule has 0 saturated heterocycles. The fraction of sp³-hybridized carbons (Fsp3) is 0.143. The maximum absolute atomic E-state index is 10.8. The van der Waals surface area contributed by atoms with Crippen LogP contribution in [-0.2, 0) is 6.54 Å². The van der Waals surface area contributed by atoms with E-state index >= 15 is 0 Å². The lowest BCUT2D eigenvalue weighted by atomic mass is 10.2. The summed E-state index contributed by atoms with van der Waals surface area (Å²) in [7, 11) is 1.54. The molecule has 2 rings (SSSR count). The summed E-state index contributed by atoms with van der Waals surface area (Å²) in [5, 5.41) is 12.5. The van der Waals surface area contributed by atoms with E-state index in [4.69, 9.17) is 21.4 Å². The Labute approximate surface area is 121 Å². The summed E-state index contributed by atoms with van der Waals surface area (Å²) >= 11 is 5.94. The molecule has 0 radical (unpaired) electrons. The molecule has 0 aliphatic carbocycles. The van der Waals surface area contributed by atoms with Crippen molar-refractivity contribution in [2.75, 3.05) is 12.4 Å². The van der Waals surface area contributed by atoms with Crippen LogP contribution < -0.4 is 10.1 Å². The highest BCUT2D eigenvalue weighted by Crippen LogP contribution is 2.27. The van der Waals surface area contributed by atoms with Gasteiger partial charge >= 0.3 is 5.97 Å². The number of rotatable bonds is 5. The van der Waals surface area contributed by atoms with Gasteiger partial charge in [-0.3, -0.25) is 0 Å². The van der Waals surface area contributed by atoms with E-state index in [1.54, 1.807) is 31.4 Å². The Hall–Kier alpha value is -2.27. The Morgan fingerprint density at radius 1 is 1.40 bits per heavy atom. The van der Waals surface area contributed by atoms with E-state index in [0.29, 0.717) is 23.0 Å². The van der Waals surface area contributed by atoms with Gasteiger partial charge in [-0.15, -0.1) is 0 Å². The first-order valence-corrected chi connectivity index (χ1v) is 6.24. The number of carboxylic acid groups (broad SMARTS) is 1. The van der Waals surface area contributed by atoms with Crippen LogP contribution in [0.4, 0.5) is 5.69 Å². The number of hydrogen-bond donors (Lipinski definition) is 2. The van der Waals surface area contributed by atoms with Crippen LogP contribution in [0.1, 0.15) is 16.2 Å². The van der Waals surface area contributed by atoms with Crippen molar-refractivity contribution in [2.45, 2.75) is 6.54 Å². The number of halogens is 1. The summed E-state index contributed by atoms with van der Waals surface area (Å²) in [6.07, 6.45) is 0. The monoisotopic (exact) mass is 292 g/mol. The van der Waals surface area contributed by atoms with Gasteiger partial charge in [0, 0.05) is 11.8 Å². The number of aromatic carboxylic acids is 1. The normalized spacial score (nSPS) is 10.1. The average Bonchev–Trinajstić information content (AvgIpc) is 2.46. The predicted molar refractivity (Wildman–Crippen MR) is 76.5 cm³/mol. The van der Waals surface area contributed by atoms with Crippen molar-refractivity contribution in [1.29, 1.82) is 0 Å². The molecule has 0 aliphatic rings. The van der Waals surface area contributed by atoms with Gasteiger partial charge in [0.2, 0.25) is 0 Å². The number of carbonyl (C=O) groups is 1. The summed E-state index contributed by atoms with van der Waals surface area (Å²) in [5.41, 5.74) is 1.48. The molecule has 0 spiro atoms. The summed E-state index contributed by atoms with van der Waals surface area (Å²) in [6.45, 7) is 0.409. The second-order valence-electron chi connectivity index (χ2n) is 4.02. The Bertz CT molecular complexity index is 632. The van der Waals surface area contributed by atoms with Crippen molar-refractivity contribution in [2.24, 2.45) is 0 Å². The van der Waals surface area contributed by atoms with Gasteiger partial charge in [-0.1, -0.05) is 17.7 Å². The second kappa shape index (κ2) is 6.25. The minimum Gasteiger partial charge on any atom is -0.495 e. The van der Waals surface area contributed by atoms with Crippen LogP contribution in [0.3, 0.4) is 0 Å². The van der Waals surface area contributed by atoms with Gasteiger partial charge in [0.25, 0.3) is 0 Å². The molecule has 5 nitrogen and oxygen atoms in total. The van der Waals surface area contributed by atoms with Crippen LogP contribution >= 0.6 is 11.6 Å². The molecule has 104 valence electrons. The number of carboxylic acids is 1. The molecule has 1 aromatic heterocycles. The SMILES string of the molecule is COc1cc(NCc2cccc(C(=O)O)n2)ccc1Cl. The Kier molecular flexibility index (Phi) is 4.42. The smallest absolute Gasteiger partial charge is 0.354 e. The zero-order valence-electron chi connectivity index (χ0n) is 10.8. The number of ether oxygens (including phenoxy) is 1. The largest absolute Gasteiger partial charge is 0.495 e. The van der Waals surface area contributed by atoms with E-state index in [2.05, 4.69) is 10.3 Å². The number of nitrogens with zero attached hydrogens (tertiary/aromatic N) is 1. The number of aromatic nitrogens is 1. The minimum absolute atomic E-state index is 0.0259. The highest BCUT2D eigenvalue weighted by molar-refractivity contribution is 6.32. The topological polar surface area (TPSA) is 71.5 Å². The van der Waals surface area contributed by atoms with Crippen molar-refractivity contribution in [3.63, 3.8) is 0 Å². The maximum atomic E-state index is 10.8. The first-order chi connectivity index (χ1) is 9.60. The van der Waals surface area contributed by atoms with Gasteiger partial charge < -0.3 is 15.2 Å². The van der Waals surface area contributed by atoms with Crippen LogP contribution in [0.5, 0.6) is 5.75 Å². The van der Waals surface area contributed by atoms with E-state index in [-0.39, 0.29) is 5.69 Å². The number of methoxy groups -OCH3 is 1. The van der Waals surface area contributed by atoms with Crippen molar-refractivity contribution < 1.29 is 14.6 Å². The predicted octanol–water partition coefficient (Wildman–Crippen LogP) is 3.05. The minimum atomic E-state index is -1.04. The van der Waals surface area contributed by atoms with Crippen molar-refractivity contribution >= 4 is 23.3 Å². The van der Waals surface area contributed by atoms with Gasteiger partial charge in [-0.05, 0) is 24.3 Å². The zero-order chi connectivity index (χ0) is 14.5. The Balaban J connectivity index is 2.08. The fourth-order valence-electron chi connectivity index (χ4n) is 1.66. The third kappa shape index (κ3) is 3.39. The third-order valence-corrected chi connectivity index (χ3v) is 2.96. The molecule has 6 heteroatoms. The first kappa shape index (κ1) is 14.1. The molecule has 0 aliphatic heterocycles. The number of benzene rings is 1. The third-order valence-electron chi connectivity index (χ3n) is 2.65. The lowest BCUT2D eigenvalue weighted by Crippen LogP contribution is -2.06. The fourth-order valence-corrected chi connectivity index (χ4v) is 1.85. The number of nitrogens with one attached hydrogen (secondary N) is 1. The lowest BCUT2D eigenvalue weighted by Gasteiger charge is -2.09. The summed E-state index contributed by atoms with van der Waals surface area (Å²) < 4.78 is 5.12. The Morgan fingerprint density at radius 3 is 2.90 bits per heavy atom. The van der Waals surface area contributed by atoms with Crippen LogP contribution in [0.15, 0.2) is 36.4 Å². The second-order valence-corrected chi connectivity index (χ2v) is 4.43. The van der Waals surface area contributed by atoms with E-state index < -0.39 is 5.97 Å². The summed E-state index contributed by atoms with van der Waals surface area (Å²) in [6, 6.07) is 10.2. The van der Waals surface area contributed by atoms with Crippen molar-refractivity contribution in [3.8, 4) is 5.75 Å². The van der Waals surface area contributed by atoms with E-state index in [9.17, 15) is 4.79 Å². The standard InChI is InChI=1S/C14H13ClN2O3/c1-20-13-7-9(5-6-11(13)15)16-8-10-3-2-4-12(17-10)14(18)19/h2-7,16H,8H2,1H3,(H,18,19). The molecule has 20 heavy (non-hydrogen) atoms. The van der Waals surface area contributed by atoms with Gasteiger partial charge in [0.05, 0.1) is 24.4 Å². The zero-order valence-corrected chi connectivity index (χ0v) is 11.5. The van der Waals surface area contributed by atoms with Gasteiger partial charge in [0.1, 0.15) is 11.4 Å². The van der Waals surface area contributed by atoms with Crippen LogP contribution in [-0.4, -0.2) is 23.2 Å². The molecule has 0 saturated carbocycles. The molecular formula is C14H13ClN2O3. The van der Waals surface area contributed by atoms with E-state index in [1.165, 1.54) is 6.07 Å². The molecule has 2 N–H and O–H groups in total. The number of hydrogen-bond acceptors (Lipinski definition) is 4. The highest BCUT2D eigenvalue weighted by Gasteiger charge is 2.06. The highest BCUT2D eigenvalue weighted by atomic mass is 35.5. The van der Waals surface area contributed by atoms with Crippen LogP contribution in [0.25, 0.3) is 0 Å². The van der Waals surface area contributed by atoms with Crippen molar-refractivity contribution in [3.05, 3.63) is 52.8 Å². The molecule has 0 amide bonds. The first-order valence-electron chi connectivity index (χ1n) is 5.87. The molecule has 0 atom stereocenters.